The van der Waals surface area contributed by atoms with Gasteiger partial charge in [0.15, 0.2) is 0 Å². The predicted octanol–water partition coefficient (Wildman–Crippen LogP) is 3.74. The summed E-state index contributed by atoms with van der Waals surface area (Å²) < 4.78 is 63.5. The summed E-state index contributed by atoms with van der Waals surface area (Å²) >= 11 is 0. The zero-order chi connectivity index (χ0) is 31.1. The molecule has 0 spiro atoms. The van der Waals surface area contributed by atoms with Crippen LogP contribution in [0.5, 0.6) is 0 Å². The molecule has 0 radical (unpaired) electrons. The average Bonchev–Trinajstić information content (AvgIpc) is 2.97. The molecule has 2 saturated heterocycles. The number of likely N-dealkylation sites (N-methyl/N-ethyl adjacent to an activating group) is 1. The number of aryl methyl sites for hydroxylation is 1. The van der Waals surface area contributed by atoms with Crippen LogP contribution in [0, 0.1) is 5.82 Å². The second kappa shape index (κ2) is 11.7. The van der Waals surface area contributed by atoms with Gasteiger partial charge in [-0.1, -0.05) is 6.58 Å². The molecule has 1 aromatic carbocycles. The molecule has 1 N–H and O–H groups in total. The van der Waals surface area contributed by atoms with E-state index < -0.39 is 34.6 Å². The Bertz CT molecular complexity index is 1600. The van der Waals surface area contributed by atoms with E-state index in [2.05, 4.69) is 21.9 Å². The van der Waals surface area contributed by atoms with E-state index in [0.29, 0.717) is 57.0 Å². The number of nitrogens with one attached hydrogen (secondary N) is 1. The molecule has 10 nitrogen and oxygen atoms in total. The fourth-order valence-electron chi connectivity index (χ4n) is 5.10. The molecule has 2 aromatic heterocycles. The SMILES string of the molecule is C=C1CN(c2cc(F)c(-c3cnc(N4CCOCC4)nc3)cc2NC(=O)c2cn(C)c(=O)cc2C(F)(F)F)C[C@H](C)N1C. The van der Waals surface area contributed by atoms with Gasteiger partial charge in [0.1, 0.15) is 5.82 Å². The van der Waals surface area contributed by atoms with Crippen LogP contribution >= 0.6 is 0 Å². The van der Waals surface area contributed by atoms with E-state index in [-0.39, 0.29) is 23.0 Å². The van der Waals surface area contributed by atoms with Crippen LogP contribution in [0.1, 0.15) is 22.8 Å². The van der Waals surface area contributed by atoms with Gasteiger partial charge in [-0.25, -0.2) is 14.4 Å². The molecular weight excluding hydrogens is 570 g/mol. The predicted molar refractivity (Wildman–Crippen MR) is 154 cm³/mol. The number of carbonyl (C=O) groups is 1. The lowest BCUT2D eigenvalue weighted by molar-refractivity contribution is -0.138. The van der Waals surface area contributed by atoms with Crippen LogP contribution in [0.25, 0.3) is 11.1 Å². The number of nitrogens with zero attached hydrogens (tertiary/aromatic N) is 6. The minimum atomic E-state index is -4.96. The third kappa shape index (κ3) is 6.19. The number of pyridine rings is 1. The van der Waals surface area contributed by atoms with Gasteiger partial charge in [-0.2, -0.15) is 13.2 Å². The normalized spacial score (nSPS) is 17.8. The Morgan fingerprint density at radius 2 is 1.77 bits per heavy atom. The van der Waals surface area contributed by atoms with E-state index in [9.17, 15) is 22.8 Å². The van der Waals surface area contributed by atoms with E-state index in [4.69, 9.17) is 4.74 Å². The Hall–Kier alpha value is -4.46. The van der Waals surface area contributed by atoms with Gasteiger partial charge in [0, 0.05) is 81.3 Å². The van der Waals surface area contributed by atoms with Gasteiger partial charge in [0.25, 0.3) is 11.5 Å². The molecule has 1 atom stereocenters. The van der Waals surface area contributed by atoms with Crippen LogP contribution in [0.4, 0.5) is 34.9 Å². The number of hydrogen-bond donors (Lipinski definition) is 1. The number of anilines is 3. The molecule has 2 aliphatic heterocycles. The van der Waals surface area contributed by atoms with Gasteiger partial charge in [-0.15, -0.1) is 0 Å². The third-order valence-corrected chi connectivity index (χ3v) is 7.71. The molecule has 0 aliphatic carbocycles. The van der Waals surface area contributed by atoms with Gasteiger partial charge in [-0.3, -0.25) is 9.59 Å². The number of benzene rings is 1. The van der Waals surface area contributed by atoms with Crippen molar-refractivity contribution >= 4 is 23.2 Å². The summed E-state index contributed by atoms with van der Waals surface area (Å²) in [5.74, 6) is -1.29. The first-order chi connectivity index (χ1) is 20.3. The van der Waals surface area contributed by atoms with E-state index in [0.717, 1.165) is 16.5 Å². The minimum absolute atomic E-state index is 0.0193. The summed E-state index contributed by atoms with van der Waals surface area (Å²) in [5.41, 5.74) is -1.60. The maximum Gasteiger partial charge on any atom is 0.417 e. The minimum Gasteiger partial charge on any atom is -0.378 e. The highest BCUT2D eigenvalue weighted by molar-refractivity contribution is 6.07. The standard InChI is InChI=1S/C29H31F4N7O3/c1-17-14-40(15-18(2)38(17)4)25-11-23(30)20(19-12-34-28(35-13-19)39-5-7-43-8-6-39)9-24(25)36-27(42)21-16-37(3)26(41)10-22(21)29(31,32)33/h9-13,16,18H,1,5-8,14-15H2,2-4H3,(H,36,42)/t18-/m0/s1. The zero-order valence-electron chi connectivity index (χ0n) is 23.9. The number of halogens is 4. The van der Waals surface area contributed by atoms with Gasteiger partial charge >= 0.3 is 6.18 Å². The monoisotopic (exact) mass is 601 g/mol. The molecule has 14 heteroatoms. The maximum atomic E-state index is 15.7. The summed E-state index contributed by atoms with van der Waals surface area (Å²) in [4.78, 5) is 39.9. The molecule has 0 unspecified atom stereocenters. The van der Waals surface area contributed by atoms with Crippen molar-refractivity contribution in [3.8, 4) is 11.1 Å². The Labute approximate surface area is 245 Å². The van der Waals surface area contributed by atoms with E-state index >= 15 is 4.39 Å². The maximum absolute atomic E-state index is 15.7. The Kier molecular flexibility index (Phi) is 8.14. The van der Waals surface area contributed by atoms with Gasteiger partial charge in [0.2, 0.25) is 5.95 Å². The fourth-order valence-corrected chi connectivity index (χ4v) is 5.10. The first-order valence-corrected chi connectivity index (χ1v) is 13.6. The molecule has 43 heavy (non-hydrogen) atoms. The second-order valence-electron chi connectivity index (χ2n) is 10.6. The highest BCUT2D eigenvalue weighted by Gasteiger charge is 2.36. The van der Waals surface area contributed by atoms with Crippen molar-refractivity contribution in [2.75, 3.05) is 61.6 Å². The highest BCUT2D eigenvalue weighted by Crippen LogP contribution is 2.37. The van der Waals surface area contributed by atoms with Crippen LogP contribution in [-0.2, 0) is 18.0 Å². The number of ether oxygens (including phenoxy) is 1. The summed E-state index contributed by atoms with van der Waals surface area (Å²) in [6, 6.07) is 2.95. The smallest absolute Gasteiger partial charge is 0.378 e. The lowest BCUT2D eigenvalue weighted by atomic mass is 10.0. The van der Waals surface area contributed by atoms with E-state index in [1.165, 1.54) is 31.6 Å². The lowest BCUT2D eigenvalue weighted by Gasteiger charge is -2.42. The first-order valence-electron chi connectivity index (χ1n) is 13.6. The van der Waals surface area contributed by atoms with Crippen LogP contribution in [0.3, 0.4) is 0 Å². The number of alkyl halides is 3. The van der Waals surface area contributed by atoms with Crippen LogP contribution in [0.15, 0.2) is 53.9 Å². The number of morpholine rings is 1. The van der Waals surface area contributed by atoms with Gasteiger partial charge in [-0.05, 0) is 19.1 Å². The van der Waals surface area contributed by atoms with Crippen LogP contribution < -0.4 is 20.7 Å². The van der Waals surface area contributed by atoms with Gasteiger partial charge < -0.3 is 29.3 Å². The molecule has 2 fully saturated rings. The number of rotatable bonds is 5. The molecule has 5 rings (SSSR count). The largest absolute Gasteiger partial charge is 0.417 e. The number of amides is 1. The molecule has 0 bridgehead atoms. The molecule has 3 aromatic rings. The third-order valence-electron chi connectivity index (χ3n) is 7.71. The number of aromatic nitrogens is 3. The Balaban J connectivity index is 1.56. The molecule has 4 heterocycles. The summed E-state index contributed by atoms with van der Waals surface area (Å²) in [5, 5.41) is 2.56. The summed E-state index contributed by atoms with van der Waals surface area (Å²) in [6.45, 7) is 9.04. The van der Waals surface area contributed by atoms with Crippen molar-refractivity contribution in [1.29, 1.82) is 0 Å². The van der Waals surface area contributed by atoms with Gasteiger partial charge in [0.05, 0.1) is 42.3 Å². The topological polar surface area (TPSA) is 95.8 Å². The highest BCUT2D eigenvalue weighted by atomic mass is 19.4. The molecule has 0 saturated carbocycles. The Morgan fingerprint density at radius 3 is 2.40 bits per heavy atom. The fraction of sp³-hybridized carbons (Fsp3) is 0.379. The van der Waals surface area contributed by atoms with Crippen molar-refractivity contribution in [3.63, 3.8) is 0 Å². The van der Waals surface area contributed by atoms with E-state index in [1.807, 2.05) is 23.8 Å². The van der Waals surface area contributed by atoms with Crippen molar-refractivity contribution in [2.45, 2.75) is 19.1 Å². The number of carbonyl (C=O) groups excluding carboxylic acids is 1. The first kappa shape index (κ1) is 30.0. The molecular formula is C29H31F4N7O3. The average molecular weight is 602 g/mol. The van der Waals surface area contributed by atoms with Crippen LogP contribution in [-0.4, -0.2) is 77.8 Å². The summed E-state index contributed by atoms with van der Waals surface area (Å²) in [7, 11) is 3.13. The lowest BCUT2D eigenvalue weighted by Crippen LogP contribution is -2.48. The van der Waals surface area contributed by atoms with E-state index in [1.54, 1.807) is 4.90 Å². The van der Waals surface area contributed by atoms with Crippen molar-refractivity contribution in [1.82, 2.24) is 19.4 Å². The number of hydrogen-bond acceptors (Lipinski definition) is 8. The molecule has 2 aliphatic rings. The summed E-state index contributed by atoms with van der Waals surface area (Å²) in [6.07, 6.45) is -1.21. The quantitative estimate of drug-likeness (QED) is 0.442. The van der Waals surface area contributed by atoms with Crippen molar-refractivity contribution in [3.05, 3.63) is 76.4 Å². The Morgan fingerprint density at radius 1 is 1.09 bits per heavy atom. The van der Waals surface area contributed by atoms with Crippen molar-refractivity contribution < 1.29 is 27.1 Å². The number of piperazine rings is 1. The zero-order valence-corrected chi connectivity index (χ0v) is 23.9. The van der Waals surface area contributed by atoms with Crippen LogP contribution in [0.2, 0.25) is 0 Å². The van der Waals surface area contributed by atoms with Crippen molar-refractivity contribution in [2.24, 2.45) is 7.05 Å². The molecule has 1 amide bonds. The molecule has 228 valence electrons. The second-order valence-corrected chi connectivity index (χ2v) is 10.6.